The summed E-state index contributed by atoms with van der Waals surface area (Å²) in [7, 11) is 0. The van der Waals surface area contributed by atoms with Crippen LogP contribution in [0.1, 0.15) is 0 Å². The number of urea groups is 1. The number of carbonyl (C=O) groups excluding carboxylic acids is 2. The Kier molecular flexibility index (Phi) is 6.87. The maximum Gasteiger partial charge on any atom is 0.426 e. The van der Waals surface area contributed by atoms with E-state index in [4.69, 9.17) is 15.6 Å². The molecule has 0 aromatic heterocycles. The minimum Gasteiger partial charge on any atom is -0.447 e. The van der Waals surface area contributed by atoms with E-state index >= 15 is 0 Å². The second-order valence-electron chi connectivity index (χ2n) is 3.66. The number of para-hydroxylation sites is 1. The van der Waals surface area contributed by atoms with Crippen molar-refractivity contribution < 1.29 is 19.4 Å². The van der Waals surface area contributed by atoms with Crippen LogP contribution >= 0.6 is 0 Å². The Morgan fingerprint density at radius 3 is 2.60 bits per heavy atom. The Morgan fingerprint density at radius 2 is 2.00 bits per heavy atom. The summed E-state index contributed by atoms with van der Waals surface area (Å²) < 4.78 is 4.75. The van der Waals surface area contributed by atoms with E-state index in [1.807, 2.05) is 0 Å². The largest absolute Gasteiger partial charge is 0.447 e. The van der Waals surface area contributed by atoms with E-state index in [0.717, 1.165) is 5.01 Å². The summed E-state index contributed by atoms with van der Waals surface area (Å²) in [5, 5.41) is 12.1. The number of nitrogens with zero attached hydrogens (tertiary/aromatic N) is 1. The number of hydrogen-bond acceptors (Lipinski definition) is 5. The molecule has 1 rings (SSSR count). The van der Waals surface area contributed by atoms with Crippen LogP contribution in [0, 0.1) is 0 Å². The molecule has 0 aliphatic heterocycles. The molecule has 0 radical (unpaired) electrons. The van der Waals surface area contributed by atoms with Gasteiger partial charge in [-0.05, 0) is 12.1 Å². The van der Waals surface area contributed by atoms with Crippen LogP contribution in [0.4, 0.5) is 15.3 Å². The van der Waals surface area contributed by atoms with Crippen LogP contribution in [-0.2, 0) is 4.74 Å². The number of rotatable bonds is 5. The van der Waals surface area contributed by atoms with Crippen LogP contribution in [0.15, 0.2) is 30.3 Å². The monoisotopic (exact) mass is 282 g/mol. The van der Waals surface area contributed by atoms with Crippen molar-refractivity contribution in [1.29, 1.82) is 0 Å². The van der Waals surface area contributed by atoms with Crippen LogP contribution < -0.4 is 21.5 Å². The quantitative estimate of drug-likeness (QED) is 0.558. The molecular formula is C12H18N4O4. The standard InChI is InChI=1S/C12H18N4O4/c13-6-9-20-12(19)15-16(11(18)14-7-8-17)10-4-2-1-3-5-10/h1-5,17H,6-9,13H2,(H,14,18)(H,15,19). The Morgan fingerprint density at radius 1 is 1.30 bits per heavy atom. The number of benzene rings is 1. The molecule has 1 aromatic carbocycles. The summed E-state index contributed by atoms with van der Waals surface area (Å²) in [6.07, 6.45) is -0.793. The second kappa shape index (κ2) is 8.73. The molecule has 8 heteroatoms. The highest BCUT2D eigenvalue weighted by Gasteiger charge is 2.18. The number of aliphatic hydroxyl groups is 1. The maximum absolute atomic E-state index is 11.9. The number of hydrogen-bond donors (Lipinski definition) is 4. The molecular weight excluding hydrogens is 264 g/mol. The van der Waals surface area contributed by atoms with Crippen LogP contribution in [0.25, 0.3) is 0 Å². The third kappa shape index (κ3) is 5.12. The Balaban J connectivity index is 2.74. The number of ether oxygens (including phenoxy) is 1. The maximum atomic E-state index is 11.9. The minimum absolute atomic E-state index is 0.0483. The summed E-state index contributed by atoms with van der Waals surface area (Å²) in [4.78, 5) is 23.4. The first-order valence-electron chi connectivity index (χ1n) is 6.06. The van der Waals surface area contributed by atoms with Gasteiger partial charge in [0.2, 0.25) is 0 Å². The molecule has 3 amide bonds. The fourth-order valence-corrected chi connectivity index (χ4v) is 1.33. The SMILES string of the molecule is NCCOC(=O)NN(C(=O)NCCO)c1ccccc1. The van der Waals surface area contributed by atoms with Gasteiger partial charge in [0.15, 0.2) is 0 Å². The molecule has 0 atom stereocenters. The number of anilines is 1. The molecule has 0 aliphatic rings. The van der Waals surface area contributed by atoms with E-state index in [0.29, 0.717) is 5.69 Å². The molecule has 0 heterocycles. The Bertz CT molecular complexity index is 427. The van der Waals surface area contributed by atoms with Crippen molar-refractivity contribution in [2.24, 2.45) is 5.73 Å². The Hall–Kier alpha value is -2.32. The summed E-state index contributed by atoms with van der Waals surface area (Å²) in [6, 6.07) is 7.90. The molecule has 0 aliphatic carbocycles. The smallest absolute Gasteiger partial charge is 0.426 e. The molecule has 0 saturated heterocycles. The zero-order valence-corrected chi connectivity index (χ0v) is 10.9. The molecule has 20 heavy (non-hydrogen) atoms. The van der Waals surface area contributed by atoms with E-state index < -0.39 is 12.1 Å². The van der Waals surface area contributed by atoms with Gasteiger partial charge < -0.3 is 20.9 Å². The van der Waals surface area contributed by atoms with Crippen LogP contribution in [0.2, 0.25) is 0 Å². The molecule has 0 spiro atoms. The summed E-state index contributed by atoms with van der Waals surface area (Å²) >= 11 is 0. The van der Waals surface area contributed by atoms with Gasteiger partial charge >= 0.3 is 12.1 Å². The highest BCUT2D eigenvalue weighted by molar-refractivity contribution is 5.94. The van der Waals surface area contributed by atoms with Crippen molar-refractivity contribution in [2.45, 2.75) is 0 Å². The predicted octanol–water partition coefficient (Wildman–Crippen LogP) is -0.205. The van der Waals surface area contributed by atoms with Gasteiger partial charge in [0.1, 0.15) is 6.61 Å². The van der Waals surface area contributed by atoms with Crippen molar-refractivity contribution in [2.75, 3.05) is 31.3 Å². The number of aliphatic hydroxyl groups excluding tert-OH is 1. The van der Waals surface area contributed by atoms with E-state index in [1.54, 1.807) is 30.3 Å². The number of nitrogens with one attached hydrogen (secondary N) is 2. The van der Waals surface area contributed by atoms with E-state index in [-0.39, 0.29) is 26.3 Å². The second-order valence-corrected chi connectivity index (χ2v) is 3.66. The van der Waals surface area contributed by atoms with Gasteiger partial charge in [0.25, 0.3) is 0 Å². The average molecular weight is 282 g/mol. The van der Waals surface area contributed by atoms with Crippen molar-refractivity contribution in [1.82, 2.24) is 10.7 Å². The number of carbonyl (C=O) groups is 2. The number of nitrogens with two attached hydrogens (primary N) is 1. The zero-order chi connectivity index (χ0) is 14.8. The lowest BCUT2D eigenvalue weighted by molar-refractivity contribution is 0.148. The number of amides is 3. The first-order valence-corrected chi connectivity index (χ1v) is 6.06. The Labute approximate surface area is 116 Å². The van der Waals surface area contributed by atoms with Crippen molar-refractivity contribution in [3.05, 3.63) is 30.3 Å². The topological polar surface area (TPSA) is 117 Å². The van der Waals surface area contributed by atoms with Crippen molar-refractivity contribution in [3.63, 3.8) is 0 Å². The van der Waals surface area contributed by atoms with Gasteiger partial charge in [0.05, 0.1) is 12.3 Å². The van der Waals surface area contributed by atoms with Crippen LogP contribution in [-0.4, -0.2) is 43.5 Å². The average Bonchev–Trinajstić information content (AvgIpc) is 2.49. The van der Waals surface area contributed by atoms with Gasteiger partial charge in [0, 0.05) is 13.1 Å². The van der Waals surface area contributed by atoms with Gasteiger partial charge in [-0.15, -0.1) is 0 Å². The molecule has 0 saturated carbocycles. The van der Waals surface area contributed by atoms with E-state index in [9.17, 15) is 9.59 Å². The molecule has 1 aromatic rings. The highest BCUT2D eigenvalue weighted by Crippen LogP contribution is 2.11. The van der Waals surface area contributed by atoms with Gasteiger partial charge in [-0.3, -0.25) is 0 Å². The number of hydrazine groups is 1. The molecule has 0 unspecified atom stereocenters. The fourth-order valence-electron chi connectivity index (χ4n) is 1.33. The third-order valence-corrected chi connectivity index (χ3v) is 2.16. The van der Waals surface area contributed by atoms with Crippen molar-refractivity contribution in [3.8, 4) is 0 Å². The zero-order valence-electron chi connectivity index (χ0n) is 10.9. The summed E-state index contributed by atoms with van der Waals surface area (Å²) in [5.41, 5.74) is 7.97. The predicted molar refractivity (Wildman–Crippen MR) is 72.9 cm³/mol. The van der Waals surface area contributed by atoms with Crippen molar-refractivity contribution >= 4 is 17.8 Å². The third-order valence-electron chi connectivity index (χ3n) is 2.16. The lowest BCUT2D eigenvalue weighted by Gasteiger charge is -2.23. The normalized spacial score (nSPS) is 9.70. The van der Waals surface area contributed by atoms with Crippen LogP contribution in [0.3, 0.4) is 0 Å². The fraction of sp³-hybridized carbons (Fsp3) is 0.333. The van der Waals surface area contributed by atoms with Gasteiger partial charge in [-0.25, -0.2) is 20.0 Å². The highest BCUT2D eigenvalue weighted by atomic mass is 16.6. The van der Waals surface area contributed by atoms with E-state index in [2.05, 4.69) is 10.7 Å². The first kappa shape index (κ1) is 15.7. The lowest BCUT2D eigenvalue weighted by Crippen LogP contribution is -2.51. The lowest BCUT2D eigenvalue weighted by atomic mass is 10.3. The molecule has 5 N–H and O–H groups in total. The van der Waals surface area contributed by atoms with Gasteiger partial charge in [-0.1, -0.05) is 18.2 Å². The van der Waals surface area contributed by atoms with E-state index in [1.165, 1.54) is 0 Å². The molecule has 0 fully saturated rings. The first-order chi connectivity index (χ1) is 9.69. The van der Waals surface area contributed by atoms with Crippen LogP contribution in [0.5, 0.6) is 0 Å². The van der Waals surface area contributed by atoms with Gasteiger partial charge in [-0.2, -0.15) is 0 Å². The summed E-state index contributed by atoms with van der Waals surface area (Å²) in [6.45, 7) is 0.107. The molecule has 0 bridgehead atoms. The molecule has 110 valence electrons. The minimum atomic E-state index is -0.793. The summed E-state index contributed by atoms with van der Waals surface area (Å²) in [5.74, 6) is 0. The molecule has 8 nitrogen and oxygen atoms in total.